The summed E-state index contributed by atoms with van der Waals surface area (Å²) in [4.78, 5) is 26.7. The molecule has 2 fully saturated rings. The number of anilines is 1. The van der Waals surface area contributed by atoms with E-state index >= 15 is 0 Å². The van der Waals surface area contributed by atoms with Crippen molar-refractivity contribution in [3.63, 3.8) is 0 Å². The van der Waals surface area contributed by atoms with Crippen LogP contribution in [0.1, 0.15) is 23.1 Å². The molecule has 182 valence electrons. The summed E-state index contributed by atoms with van der Waals surface area (Å²) in [6.45, 7) is 3.38. The second-order valence-electron chi connectivity index (χ2n) is 8.59. The van der Waals surface area contributed by atoms with Gasteiger partial charge in [0.2, 0.25) is 21.8 Å². The van der Waals surface area contributed by atoms with Gasteiger partial charge in [0.25, 0.3) is 0 Å². The van der Waals surface area contributed by atoms with Gasteiger partial charge in [-0.05, 0) is 35.7 Å². The molecule has 2 aliphatic rings. The SMILES string of the molecule is Cc1ccc(N2C[C@H](C(=O)NCc3ccccc3CS(=O)(=O)N3CCOCC3)CC2=O)cc1F. The maximum atomic E-state index is 13.9. The Bertz CT molecular complexity index is 1180. The molecule has 1 N–H and O–H groups in total. The topological polar surface area (TPSA) is 96.0 Å². The molecule has 1 atom stereocenters. The van der Waals surface area contributed by atoms with Crippen molar-refractivity contribution in [2.24, 2.45) is 5.92 Å². The average molecular weight is 490 g/mol. The van der Waals surface area contributed by atoms with Gasteiger partial charge in [0.15, 0.2) is 0 Å². The van der Waals surface area contributed by atoms with Crippen LogP contribution in [0.5, 0.6) is 0 Å². The maximum Gasteiger partial charge on any atom is 0.227 e. The van der Waals surface area contributed by atoms with E-state index in [1.807, 2.05) is 0 Å². The highest BCUT2D eigenvalue weighted by molar-refractivity contribution is 7.88. The van der Waals surface area contributed by atoms with Gasteiger partial charge in [0.1, 0.15) is 5.82 Å². The van der Waals surface area contributed by atoms with Gasteiger partial charge in [-0.1, -0.05) is 30.3 Å². The molecule has 2 amide bonds. The smallest absolute Gasteiger partial charge is 0.227 e. The zero-order chi connectivity index (χ0) is 24.3. The summed E-state index contributed by atoms with van der Waals surface area (Å²) >= 11 is 0. The number of rotatable bonds is 7. The van der Waals surface area contributed by atoms with Crippen molar-refractivity contribution in [1.29, 1.82) is 0 Å². The Morgan fingerprint density at radius 3 is 2.56 bits per heavy atom. The van der Waals surface area contributed by atoms with Crippen LogP contribution in [0, 0.1) is 18.7 Å². The first-order valence-corrected chi connectivity index (χ1v) is 12.8. The summed E-state index contributed by atoms with van der Waals surface area (Å²) in [7, 11) is -3.51. The van der Waals surface area contributed by atoms with Gasteiger partial charge in [-0.15, -0.1) is 0 Å². The van der Waals surface area contributed by atoms with Crippen molar-refractivity contribution in [2.75, 3.05) is 37.7 Å². The lowest BCUT2D eigenvalue weighted by Crippen LogP contribution is -2.41. The first kappa shape index (κ1) is 24.3. The monoisotopic (exact) mass is 489 g/mol. The largest absolute Gasteiger partial charge is 0.379 e. The van der Waals surface area contributed by atoms with E-state index in [1.54, 1.807) is 43.3 Å². The second kappa shape index (κ2) is 10.2. The summed E-state index contributed by atoms with van der Waals surface area (Å²) < 4.78 is 46.2. The molecule has 0 spiro atoms. The third kappa shape index (κ3) is 5.45. The van der Waals surface area contributed by atoms with Crippen LogP contribution >= 0.6 is 0 Å². The van der Waals surface area contributed by atoms with Crippen LogP contribution in [0.3, 0.4) is 0 Å². The minimum absolute atomic E-state index is 0.0361. The fraction of sp³-hybridized carbons (Fsp3) is 0.417. The number of morpholine rings is 1. The molecule has 8 nitrogen and oxygen atoms in total. The fourth-order valence-corrected chi connectivity index (χ4v) is 5.76. The third-order valence-corrected chi connectivity index (χ3v) is 8.06. The molecule has 10 heteroatoms. The fourth-order valence-electron chi connectivity index (χ4n) is 4.19. The summed E-state index contributed by atoms with van der Waals surface area (Å²) in [5, 5.41) is 2.84. The summed E-state index contributed by atoms with van der Waals surface area (Å²) in [5.74, 6) is -1.66. The Kier molecular flexibility index (Phi) is 7.30. The van der Waals surface area contributed by atoms with Crippen LogP contribution in [0.15, 0.2) is 42.5 Å². The van der Waals surface area contributed by atoms with Gasteiger partial charge in [0, 0.05) is 38.3 Å². The molecule has 0 saturated carbocycles. The van der Waals surface area contributed by atoms with Crippen LogP contribution in [-0.4, -0.2) is 57.4 Å². The molecular weight excluding hydrogens is 461 g/mol. The van der Waals surface area contributed by atoms with Crippen molar-refractivity contribution in [1.82, 2.24) is 9.62 Å². The molecular formula is C24H28FN3O5S. The number of sulfonamides is 1. The second-order valence-corrected chi connectivity index (χ2v) is 10.6. The van der Waals surface area contributed by atoms with E-state index in [-0.39, 0.29) is 37.1 Å². The minimum Gasteiger partial charge on any atom is -0.379 e. The van der Waals surface area contributed by atoms with Gasteiger partial charge in [-0.2, -0.15) is 4.31 Å². The molecule has 0 aliphatic carbocycles. The zero-order valence-corrected chi connectivity index (χ0v) is 19.8. The van der Waals surface area contributed by atoms with Crippen LogP contribution in [0.4, 0.5) is 10.1 Å². The standard InChI is InChI=1S/C24H28FN3O5S/c1-17-6-7-21(13-22(17)25)28-15-20(12-23(28)29)24(30)26-14-18-4-2-3-5-19(18)16-34(31,32)27-8-10-33-11-9-27/h2-7,13,20H,8-12,14-16H2,1H3,(H,26,30)/t20-/m1/s1. The number of hydrogen-bond acceptors (Lipinski definition) is 5. The molecule has 2 aromatic carbocycles. The van der Waals surface area contributed by atoms with Crippen molar-refractivity contribution in [3.05, 3.63) is 65.0 Å². The molecule has 0 unspecified atom stereocenters. The van der Waals surface area contributed by atoms with Gasteiger partial charge >= 0.3 is 0 Å². The van der Waals surface area contributed by atoms with Crippen LogP contribution < -0.4 is 10.2 Å². The molecule has 0 radical (unpaired) electrons. The van der Waals surface area contributed by atoms with Crippen LogP contribution in [0.2, 0.25) is 0 Å². The summed E-state index contributed by atoms with van der Waals surface area (Å²) in [6, 6.07) is 11.7. The molecule has 2 aliphatic heterocycles. The van der Waals surface area contributed by atoms with Gasteiger partial charge in [-0.3, -0.25) is 9.59 Å². The maximum absolute atomic E-state index is 13.9. The van der Waals surface area contributed by atoms with E-state index < -0.39 is 21.8 Å². The highest BCUT2D eigenvalue weighted by Crippen LogP contribution is 2.27. The lowest BCUT2D eigenvalue weighted by Gasteiger charge is -2.26. The predicted octanol–water partition coefficient (Wildman–Crippen LogP) is 1.97. The Balaban J connectivity index is 1.39. The minimum atomic E-state index is -3.51. The number of halogens is 1. The quantitative estimate of drug-likeness (QED) is 0.642. The lowest BCUT2D eigenvalue weighted by molar-refractivity contribution is -0.126. The van der Waals surface area contributed by atoms with Gasteiger partial charge in [0.05, 0.1) is 24.9 Å². The number of aryl methyl sites for hydroxylation is 1. The molecule has 4 rings (SSSR count). The van der Waals surface area contributed by atoms with Gasteiger partial charge in [-0.25, -0.2) is 12.8 Å². The van der Waals surface area contributed by atoms with Crippen molar-refractivity contribution in [2.45, 2.75) is 25.6 Å². The normalized spacial score (nSPS) is 19.4. The number of carbonyl (C=O) groups excluding carboxylic acids is 2. The zero-order valence-electron chi connectivity index (χ0n) is 19.0. The number of hydrogen-bond donors (Lipinski definition) is 1. The van der Waals surface area contributed by atoms with E-state index in [0.29, 0.717) is 48.7 Å². The van der Waals surface area contributed by atoms with Crippen molar-refractivity contribution >= 4 is 27.5 Å². The van der Waals surface area contributed by atoms with Crippen LogP contribution in [-0.2, 0) is 36.6 Å². The van der Waals surface area contributed by atoms with Crippen LogP contribution in [0.25, 0.3) is 0 Å². The number of ether oxygens (including phenoxy) is 1. The summed E-state index contributed by atoms with van der Waals surface area (Å²) in [5.41, 5.74) is 2.24. The molecule has 2 aromatic rings. The molecule has 34 heavy (non-hydrogen) atoms. The Morgan fingerprint density at radius 1 is 1.15 bits per heavy atom. The molecule has 0 bridgehead atoms. The van der Waals surface area contributed by atoms with E-state index in [0.717, 1.165) is 0 Å². The molecule has 0 aromatic heterocycles. The number of amides is 2. The van der Waals surface area contributed by atoms with Gasteiger partial charge < -0.3 is 15.0 Å². The Labute approximate surface area is 198 Å². The molecule has 2 saturated heterocycles. The Hall–Kier alpha value is -2.82. The van der Waals surface area contributed by atoms with Crippen molar-refractivity contribution < 1.29 is 27.1 Å². The lowest BCUT2D eigenvalue weighted by atomic mass is 10.1. The van der Waals surface area contributed by atoms with E-state index in [4.69, 9.17) is 4.74 Å². The Morgan fingerprint density at radius 2 is 1.85 bits per heavy atom. The predicted molar refractivity (Wildman–Crippen MR) is 125 cm³/mol. The van der Waals surface area contributed by atoms with E-state index in [9.17, 15) is 22.4 Å². The number of nitrogens with one attached hydrogen (secondary N) is 1. The molecule has 2 heterocycles. The third-order valence-electron chi connectivity index (χ3n) is 6.24. The van der Waals surface area contributed by atoms with Crippen molar-refractivity contribution in [3.8, 4) is 0 Å². The van der Waals surface area contributed by atoms with E-state index in [2.05, 4.69) is 5.32 Å². The highest BCUT2D eigenvalue weighted by atomic mass is 32.2. The summed E-state index contributed by atoms with van der Waals surface area (Å²) in [6.07, 6.45) is 0.0361. The first-order chi connectivity index (χ1) is 16.2. The number of carbonyl (C=O) groups is 2. The average Bonchev–Trinajstić information content (AvgIpc) is 3.22. The number of benzene rings is 2. The first-order valence-electron chi connectivity index (χ1n) is 11.2. The number of nitrogens with zero attached hydrogens (tertiary/aromatic N) is 2. The highest BCUT2D eigenvalue weighted by Gasteiger charge is 2.35. The van der Waals surface area contributed by atoms with E-state index in [1.165, 1.54) is 15.3 Å².